The minimum Gasteiger partial charge on any atom is -0.423 e. The zero-order valence-electron chi connectivity index (χ0n) is 21.7. The number of hydrogen-bond acceptors (Lipinski definition) is 6. The van der Waals surface area contributed by atoms with E-state index in [1.807, 2.05) is 12.2 Å². The van der Waals surface area contributed by atoms with E-state index in [0.717, 1.165) is 16.4 Å². The number of allylic oxidation sites excluding steroid dienone is 2. The van der Waals surface area contributed by atoms with Crippen LogP contribution in [0.2, 0.25) is 15.1 Å². The molecule has 1 heterocycles. The fraction of sp³-hybridized carbons (Fsp3) is 0.194. The van der Waals surface area contributed by atoms with Gasteiger partial charge in [0.15, 0.2) is 5.78 Å². The van der Waals surface area contributed by atoms with Crippen LogP contribution in [0.4, 0.5) is 0 Å². The van der Waals surface area contributed by atoms with Crippen LogP contribution in [-0.2, 0) is 9.59 Å². The van der Waals surface area contributed by atoms with Gasteiger partial charge in [-0.3, -0.25) is 19.2 Å². The molecular weight excluding hydrogens is 603 g/mol. The van der Waals surface area contributed by atoms with Crippen molar-refractivity contribution in [2.24, 2.45) is 23.7 Å². The molecular formula is C31H21Cl3N2O6. The minimum absolute atomic E-state index is 0.0670. The van der Waals surface area contributed by atoms with Gasteiger partial charge in [-0.25, -0.2) is 9.80 Å². The molecule has 3 amide bonds. The molecule has 42 heavy (non-hydrogen) atoms. The first-order valence-corrected chi connectivity index (χ1v) is 14.2. The fourth-order valence-electron chi connectivity index (χ4n) is 5.85. The summed E-state index contributed by atoms with van der Waals surface area (Å²) in [5.41, 5.74) is 0.453. The standard InChI is InChI=1S/C31H21Cl3N2O6/c32-20-7-3-17(4-8-20)28(38)35(36-29(39)26-18-1-2-19(13-18)27(26)30(36)40)15-25(37)16-5-10-22(11-6-16)42-31(41)23-12-9-21(33)14-24(23)34/h1-12,14,18-19,26-27H,13,15H2/t18-,19-,26-,27+/m0/s1. The first-order chi connectivity index (χ1) is 20.1. The molecule has 0 unspecified atom stereocenters. The molecule has 0 spiro atoms. The number of ketones is 1. The van der Waals surface area contributed by atoms with Crippen LogP contribution in [0.3, 0.4) is 0 Å². The number of hydrazine groups is 1. The molecule has 3 aromatic carbocycles. The smallest absolute Gasteiger partial charge is 0.345 e. The number of amides is 3. The molecule has 0 N–H and O–H groups in total. The normalized spacial score (nSPS) is 21.9. The van der Waals surface area contributed by atoms with Gasteiger partial charge in [-0.2, -0.15) is 5.01 Å². The summed E-state index contributed by atoms with van der Waals surface area (Å²) in [6, 6.07) is 16.0. The van der Waals surface area contributed by atoms with Crippen molar-refractivity contribution in [1.29, 1.82) is 0 Å². The highest BCUT2D eigenvalue weighted by Crippen LogP contribution is 2.52. The molecule has 2 bridgehead atoms. The van der Waals surface area contributed by atoms with E-state index in [4.69, 9.17) is 39.5 Å². The van der Waals surface area contributed by atoms with Crippen LogP contribution in [0, 0.1) is 23.7 Å². The Morgan fingerprint density at radius 1 is 0.786 bits per heavy atom. The van der Waals surface area contributed by atoms with Crippen LogP contribution in [-0.4, -0.2) is 46.0 Å². The van der Waals surface area contributed by atoms with Crippen LogP contribution in [0.5, 0.6) is 5.75 Å². The average Bonchev–Trinajstić information content (AvgIpc) is 3.65. The molecule has 6 rings (SSSR count). The molecule has 1 saturated heterocycles. The second-order valence-corrected chi connectivity index (χ2v) is 11.6. The molecule has 2 fully saturated rings. The predicted octanol–water partition coefficient (Wildman–Crippen LogP) is 5.91. The Morgan fingerprint density at radius 3 is 1.95 bits per heavy atom. The number of carbonyl (C=O) groups is 5. The number of fused-ring (bicyclic) bond motifs is 5. The lowest BCUT2D eigenvalue weighted by Crippen LogP contribution is -2.52. The van der Waals surface area contributed by atoms with Crippen LogP contribution < -0.4 is 4.74 Å². The van der Waals surface area contributed by atoms with Crippen molar-refractivity contribution in [2.75, 3.05) is 6.54 Å². The van der Waals surface area contributed by atoms with Crippen molar-refractivity contribution in [3.63, 3.8) is 0 Å². The lowest BCUT2D eigenvalue weighted by atomic mass is 9.85. The quantitative estimate of drug-likeness (QED) is 0.107. The summed E-state index contributed by atoms with van der Waals surface area (Å²) >= 11 is 17.9. The third kappa shape index (κ3) is 5.00. The number of ether oxygens (including phenoxy) is 1. The van der Waals surface area contributed by atoms with Gasteiger partial charge < -0.3 is 4.74 Å². The van der Waals surface area contributed by atoms with E-state index in [-0.39, 0.29) is 39.3 Å². The third-order valence-corrected chi connectivity index (χ3v) is 8.65. The number of esters is 1. The van der Waals surface area contributed by atoms with Crippen molar-refractivity contribution in [2.45, 2.75) is 6.42 Å². The van der Waals surface area contributed by atoms with E-state index in [2.05, 4.69) is 0 Å². The predicted molar refractivity (Wildman–Crippen MR) is 154 cm³/mol. The molecule has 8 nitrogen and oxygen atoms in total. The average molecular weight is 624 g/mol. The summed E-state index contributed by atoms with van der Waals surface area (Å²) in [7, 11) is 0. The van der Waals surface area contributed by atoms with Gasteiger partial charge in [-0.05, 0) is 85.0 Å². The van der Waals surface area contributed by atoms with E-state index in [1.165, 1.54) is 66.7 Å². The number of hydrogen-bond donors (Lipinski definition) is 0. The molecule has 0 radical (unpaired) electrons. The van der Waals surface area contributed by atoms with Crippen molar-refractivity contribution in [1.82, 2.24) is 10.0 Å². The van der Waals surface area contributed by atoms with Gasteiger partial charge in [0.2, 0.25) is 0 Å². The maximum Gasteiger partial charge on any atom is 0.345 e. The van der Waals surface area contributed by atoms with E-state index in [0.29, 0.717) is 10.0 Å². The topological polar surface area (TPSA) is 101 Å². The largest absolute Gasteiger partial charge is 0.423 e. The number of rotatable bonds is 7. The maximum absolute atomic E-state index is 13.7. The summed E-state index contributed by atoms with van der Waals surface area (Å²) in [6.45, 7) is -0.569. The minimum atomic E-state index is -0.712. The van der Waals surface area contributed by atoms with Crippen LogP contribution in [0.15, 0.2) is 78.9 Å². The molecule has 11 heteroatoms. The van der Waals surface area contributed by atoms with Gasteiger partial charge >= 0.3 is 5.97 Å². The highest BCUT2D eigenvalue weighted by atomic mass is 35.5. The second kappa shape index (κ2) is 11.0. The monoisotopic (exact) mass is 622 g/mol. The van der Waals surface area contributed by atoms with E-state index < -0.39 is 47.9 Å². The van der Waals surface area contributed by atoms with Gasteiger partial charge in [-0.1, -0.05) is 47.0 Å². The zero-order valence-corrected chi connectivity index (χ0v) is 24.0. The molecule has 3 aliphatic rings. The van der Waals surface area contributed by atoms with E-state index in [9.17, 15) is 24.0 Å². The summed E-state index contributed by atoms with van der Waals surface area (Å²) in [6.07, 6.45) is 4.63. The van der Waals surface area contributed by atoms with Gasteiger partial charge in [0.25, 0.3) is 17.7 Å². The second-order valence-electron chi connectivity index (χ2n) is 10.3. The fourth-order valence-corrected chi connectivity index (χ4v) is 6.46. The van der Waals surface area contributed by atoms with Gasteiger partial charge in [0.05, 0.1) is 22.4 Å². The molecule has 2 aliphatic carbocycles. The Labute approximate surface area is 255 Å². The number of benzene rings is 3. The SMILES string of the molecule is O=C(CN(C(=O)c1ccc(Cl)cc1)N1C(=O)[C@@H]2[C@H](C1=O)[C@H]1C=C[C@H]2C1)c1ccc(OC(=O)c2ccc(Cl)cc2Cl)cc1. The lowest BCUT2D eigenvalue weighted by molar-refractivity contribution is -0.154. The Kier molecular flexibility index (Phi) is 7.39. The Balaban J connectivity index is 1.23. The van der Waals surface area contributed by atoms with Crippen LogP contribution >= 0.6 is 34.8 Å². The summed E-state index contributed by atoms with van der Waals surface area (Å²) in [5, 5.41) is 2.67. The van der Waals surface area contributed by atoms with Crippen molar-refractivity contribution >= 4 is 64.3 Å². The van der Waals surface area contributed by atoms with Gasteiger partial charge in [0, 0.05) is 21.2 Å². The maximum atomic E-state index is 13.7. The van der Waals surface area contributed by atoms with Crippen molar-refractivity contribution in [3.05, 3.63) is 111 Å². The number of nitrogens with zero attached hydrogens (tertiary/aromatic N) is 2. The van der Waals surface area contributed by atoms with Gasteiger partial charge in [-0.15, -0.1) is 0 Å². The number of imide groups is 1. The molecule has 1 aliphatic heterocycles. The number of halogens is 3. The van der Waals surface area contributed by atoms with Crippen LogP contribution in [0.1, 0.15) is 37.5 Å². The van der Waals surface area contributed by atoms with Gasteiger partial charge in [0.1, 0.15) is 12.3 Å². The van der Waals surface area contributed by atoms with E-state index >= 15 is 0 Å². The first-order valence-electron chi connectivity index (χ1n) is 13.1. The molecule has 212 valence electrons. The number of Topliss-reactive ketones (excluding diaryl/α,β-unsaturated/α-hetero) is 1. The first kappa shape index (κ1) is 28.2. The lowest BCUT2D eigenvalue weighted by Gasteiger charge is -2.30. The third-order valence-electron chi connectivity index (χ3n) is 7.85. The van der Waals surface area contributed by atoms with E-state index in [1.54, 1.807) is 0 Å². The summed E-state index contributed by atoms with van der Waals surface area (Å²) in [5.74, 6) is -3.99. The number of carbonyl (C=O) groups excluding carboxylic acids is 5. The van der Waals surface area contributed by atoms with Crippen LogP contribution in [0.25, 0.3) is 0 Å². The Morgan fingerprint density at radius 2 is 1.36 bits per heavy atom. The zero-order chi connectivity index (χ0) is 29.7. The highest BCUT2D eigenvalue weighted by Gasteiger charge is 2.61. The van der Waals surface area contributed by atoms with Crippen molar-refractivity contribution in [3.8, 4) is 5.75 Å². The summed E-state index contributed by atoms with van der Waals surface area (Å²) in [4.78, 5) is 66.7. The Bertz CT molecular complexity index is 1640. The molecule has 1 saturated carbocycles. The summed E-state index contributed by atoms with van der Waals surface area (Å²) < 4.78 is 5.36. The molecule has 0 aromatic heterocycles. The van der Waals surface area contributed by atoms with Crippen molar-refractivity contribution < 1.29 is 28.7 Å². The highest BCUT2D eigenvalue weighted by molar-refractivity contribution is 6.36. The Hall–Kier alpha value is -3.98. The molecule has 3 aromatic rings. The molecule has 4 atom stereocenters.